The van der Waals surface area contributed by atoms with Crippen LogP contribution in [0, 0.1) is 25.2 Å². The molecule has 3 heteroatoms. The maximum absolute atomic E-state index is 8.83. The second kappa shape index (κ2) is 3.61. The zero-order valence-electron chi connectivity index (χ0n) is 8.63. The van der Waals surface area contributed by atoms with E-state index in [0.29, 0.717) is 0 Å². The molecule has 1 aromatic heterocycles. The first-order chi connectivity index (χ1) is 6.11. The summed E-state index contributed by atoms with van der Waals surface area (Å²) >= 11 is 0. The van der Waals surface area contributed by atoms with E-state index < -0.39 is 0 Å². The molecule has 1 rings (SSSR count). The lowest BCUT2D eigenvalue weighted by molar-refractivity contribution is 0.633. The van der Waals surface area contributed by atoms with Crippen LogP contribution >= 0.6 is 0 Å². The fourth-order valence-corrected chi connectivity index (χ4v) is 1.71. The summed E-state index contributed by atoms with van der Waals surface area (Å²) in [6.45, 7) is 8.82. The molecule has 0 N–H and O–H groups in total. The predicted octanol–water partition coefficient (Wildman–Crippen LogP) is 2.15. The fourth-order valence-electron chi connectivity index (χ4n) is 1.71. The van der Waals surface area contributed by atoms with E-state index in [1.807, 2.05) is 25.5 Å². The van der Waals surface area contributed by atoms with Gasteiger partial charge in [0.2, 0.25) is 0 Å². The average molecular weight is 177 g/mol. The molecule has 0 saturated heterocycles. The molecule has 0 fully saturated rings. The van der Waals surface area contributed by atoms with Crippen molar-refractivity contribution in [3.05, 3.63) is 17.0 Å². The summed E-state index contributed by atoms with van der Waals surface area (Å²) in [5.41, 5.74) is 3.19. The molecular weight excluding hydrogens is 162 g/mol. The van der Waals surface area contributed by atoms with Gasteiger partial charge in [0, 0.05) is 17.8 Å². The van der Waals surface area contributed by atoms with Crippen molar-refractivity contribution < 1.29 is 0 Å². The monoisotopic (exact) mass is 177 g/mol. The van der Waals surface area contributed by atoms with Gasteiger partial charge in [0.1, 0.15) is 0 Å². The third-order valence-electron chi connectivity index (χ3n) is 2.36. The minimum atomic E-state index is -0.0553. The summed E-state index contributed by atoms with van der Waals surface area (Å²) in [7, 11) is 0. The first kappa shape index (κ1) is 9.79. The van der Waals surface area contributed by atoms with Gasteiger partial charge >= 0.3 is 0 Å². The zero-order chi connectivity index (χ0) is 10.0. The summed E-state index contributed by atoms with van der Waals surface area (Å²) in [6.07, 6.45) is 0. The maximum atomic E-state index is 8.83. The van der Waals surface area contributed by atoms with E-state index in [1.54, 1.807) is 0 Å². The van der Waals surface area contributed by atoms with E-state index in [2.05, 4.69) is 18.1 Å². The third kappa shape index (κ3) is 1.57. The van der Waals surface area contributed by atoms with Gasteiger partial charge < -0.3 is 0 Å². The molecule has 0 spiro atoms. The molecule has 0 aliphatic rings. The molecule has 3 nitrogen and oxygen atoms in total. The number of nitrogens with zero attached hydrogens (tertiary/aromatic N) is 3. The number of aryl methyl sites for hydroxylation is 2. The lowest BCUT2D eigenvalue weighted by Gasteiger charge is -2.03. The van der Waals surface area contributed by atoms with E-state index in [0.717, 1.165) is 23.5 Å². The number of rotatable bonds is 2. The van der Waals surface area contributed by atoms with E-state index in [9.17, 15) is 0 Å². The Morgan fingerprint density at radius 1 is 1.54 bits per heavy atom. The standard InChI is InChI=1S/C10H15N3/c1-5-13-9(4)10(7(2)6-11)8(3)12-13/h7H,5H2,1-4H3. The molecule has 1 unspecified atom stereocenters. The highest BCUT2D eigenvalue weighted by Gasteiger charge is 2.15. The summed E-state index contributed by atoms with van der Waals surface area (Å²) in [4.78, 5) is 0. The molecule has 0 amide bonds. The van der Waals surface area contributed by atoms with Gasteiger partial charge in [-0.05, 0) is 27.7 Å². The number of hydrogen-bond acceptors (Lipinski definition) is 2. The molecule has 1 heterocycles. The first-order valence-corrected chi connectivity index (χ1v) is 4.55. The molecule has 0 aliphatic heterocycles. The minimum absolute atomic E-state index is 0.0553. The average Bonchev–Trinajstić information content (AvgIpc) is 2.40. The van der Waals surface area contributed by atoms with Crippen molar-refractivity contribution in [3.8, 4) is 6.07 Å². The Balaban J connectivity index is 3.22. The highest BCUT2D eigenvalue weighted by molar-refractivity contribution is 5.31. The number of hydrogen-bond donors (Lipinski definition) is 0. The van der Waals surface area contributed by atoms with Gasteiger partial charge in [-0.2, -0.15) is 10.4 Å². The van der Waals surface area contributed by atoms with Crippen molar-refractivity contribution in [2.75, 3.05) is 0 Å². The Bertz CT molecular complexity index is 344. The van der Waals surface area contributed by atoms with Crippen molar-refractivity contribution in [2.45, 2.75) is 40.2 Å². The Hall–Kier alpha value is -1.30. The second-order valence-corrected chi connectivity index (χ2v) is 3.25. The van der Waals surface area contributed by atoms with Crippen LogP contribution in [0.3, 0.4) is 0 Å². The first-order valence-electron chi connectivity index (χ1n) is 4.55. The Kier molecular flexibility index (Phi) is 2.72. The molecular formula is C10H15N3. The zero-order valence-corrected chi connectivity index (χ0v) is 8.63. The predicted molar refractivity (Wildman–Crippen MR) is 51.4 cm³/mol. The van der Waals surface area contributed by atoms with Gasteiger partial charge in [0.15, 0.2) is 0 Å². The van der Waals surface area contributed by atoms with Crippen LogP contribution in [0.15, 0.2) is 0 Å². The second-order valence-electron chi connectivity index (χ2n) is 3.25. The van der Waals surface area contributed by atoms with Crippen LogP contribution in [0.2, 0.25) is 0 Å². The molecule has 0 saturated carbocycles. The summed E-state index contributed by atoms with van der Waals surface area (Å²) < 4.78 is 1.94. The van der Waals surface area contributed by atoms with Crippen LogP contribution in [-0.2, 0) is 6.54 Å². The molecule has 0 bridgehead atoms. The van der Waals surface area contributed by atoms with E-state index in [4.69, 9.17) is 5.26 Å². The van der Waals surface area contributed by atoms with E-state index in [1.165, 1.54) is 0 Å². The van der Waals surface area contributed by atoms with E-state index >= 15 is 0 Å². The highest BCUT2D eigenvalue weighted by Crippen LogP contribution is 2.22. The van der Waals surface area contributed by atoms with Crippen molar-refractivity contribution in [1.29, 1.82) is 5.26 Å². The minimum Gasteiger partial charge on any atom is -0.270 e. The molecule has 0 aliphatic carbocycles. The molecule has 70 valence electrons. The molecule has 0 aromatic carbocycles. The number of aromatic nitrogens is 2. The summed E-state index contributed by atoms with van der Waals surface area (Å²) in [6, 6.07) is 2.25. The fraction of sp³-hybridized carbons (Fsp3) is 0.600. The summed E-state index contributed by atoms with van der Waals surface area (Å²) in [5, 5.41) is 13.2. The van der Waals surface area contributed by atoms with Crippen molar-refractivity contribution in [3.63, 3.8) is 0 Å². The van der Waals surface area contributed by atoms with Crippen LogP contribution in [0.25, 0.3) is 0 Å². The van der Waals surface area contributed by atoms with Crippen molar-refractivity contribution in [2.24, 2.45) is 0 Å². The number of nitriles is 1. The third-order valence-corrected chi connectivity index (χ3v) is 2.36. The topological polar surface area (TPSA) is 41.6 Å². The quantitative estimate of drug-likeness (QED) is 0.694. The van der Waals surface area contributed by atoms with E-state index in [-0.39, 0.29) is 5.92 Å². The lowest BCUT2D eigenvalue weighted by Crippen LogP contribution is -2.00. The Morgan fingerprint density at radius 3 is 2.54 bits per heavy atom. The van der Waals surface area contributed by atoms with Crippen LogP contribution in [0.1, 0.15) is 36.7 Å². The van der Waals surface area contributed by atoms with Gasteiger partial charge in [-0.25, -0.2) is 0 Å². The molecule has 1 aromatic rings. The van der Waals surface area contributed by atoms with Gasteiger partial charge in [-0.3, -0.25) is 4.68 Å². The van der Waals surface area contributed by atoms with Crippen LogP contribution in [0.5, 0.6) is 0 Å². The smallest absolute Gasteiger partial charge is 0.0720 e. The Labute approximate surface area is 79.0 Å². The van der Waals surface area contributed by atoms with Crippen molar-refractivity contribution in [1.82, 2.24) is 9.78 Å². The van der Waals surface area contributed by atoms with Gasteiger partial charge in [-0.1, -0.05) is 0 Å². The normalized spacial score (nSPS) is 12.5. The van der Waals surface area contributed by atoms with Crippen LogP contribution in [-0.4, -0.2) is 9.78 Å². The largest absolute Gasteiger partial charge is 0.270 e. The highest BCUT2D eigenvalue weighted by atomic mass is 15.3. The van der Waals surface area contributed by atoms with Crippen molar-refractivity contribution >= 4 is 0 Å². The molecule has 13 heavy (non-hydrogen) atoms. The lowest BCUT2D eigenvalue weighted by atomic mass is 10.0. The SMILES string of the molecule is CCn1nc(C)c(C(C)C#N)c1C. The summed E-state index contributed by atoms with van der Waals surface area (Å²) in [5.74, 6) is -0.0553. The molecule has 1 atom stereocenters. The maximum Gasteiger partial charge on any atom is 0.0720 e. The van der Waals surface area contributed by atoms with Gasteiger partial charge in [0.25, 0.3) is 0 Å². The van der Waals surface area contributed by atoms with Crippen LogP contribution < -0.4 is 0 Å². The Morgan fingerprint density at radius 2 is 2.15 bits per heavy atom. The molecule has 0 radical (unpaired) electrons. The van der Waals surface area contributed by atoms with Crippen LogP contribution in [0.4, 0.5) is 0 Å². The van der Waals surface area contributed by atoms with Gasteiger partial charge in [-0.15, -0.1) is 0 Å². The van der Waals surface area contributed by atoms with Gasteiger partial charge in [0.05, 0.1) is 17.7 Å².